The molecule has 6 aliphatic rings. The molecule has 0 spiro atoms. The Bertz CT molecular complexity index is 1080. The van der Waals surface area contributed by atoms with Crippen LogP contribution < -0.4 is 0 Å². The van der Waals surface area contributed by atoms with Gasteiger partial charge in [-0.15, -0.1) is 5.16 Å². The van der Waals surface area contributed by atoms with Crippen LogP contribution in [0.2, 0.25) is 0 Å². The van der Waals surface area contributed by atoms with E-state index in [2.05, 4.69) is 12.1 Å². The molecule has 2 aliphatic heterocycles. The van der Waals surface area contributed by atoms with Gasteiger partial charge >= 0.3 is 5.97 Å². The number of nitrogens with zero attached hydrogens (tertiary/aromatic N) is 1. The van der Waals surface area contributed by atoms with E-state index in [-0.39, 0.29) is 36.8 Å². The zero-order chi connectivity index (χ0) is 28.7. The SMILES string of the molecule is C[C@H]1O[C@@H](O[C@@H]2CC[C@]3(/C=N\O)[C@H]4CC[C@]5(C)[C@H](C6=CC(=O)OC6)CC[C@]5(O)[C@@H]4CC[C@]3(O)C2)[C@H](O)[C@H](O)[C@H]1O. The van der Waals surface area contributed by atoms with Crippen molar-refractivity contribution in [2.24, 2.45) is 33.7 Å². The summed E-state index contributed by atoms with van der Waals surface area (Å²) in [7, 11) is 0. The summed E-state index contributed by atoms with van der Waals surface area (Å²) >= 11 is 0. The van der Waals surface area contributed by atoms with Crippen LogP contribution in [0.1, 0.15) is 71.6 Å². The van der Waals surface area contributed by atoms with E-state index in [0.717, 1.165) is 18.4 Å². The topological polar surface area (TPSA) is 178 Å². The monoisotopic (exact) mass is 565 g/mol. The molecule has 0 amide bonds. The van der Waals surface area contributed by atoms with E-state index in [1.807, 2.05) is 0 Å². The number of fused-ring (bicyclic) bond motifs is 5. The summed E-state index contributed by atoms with van der Waals surface area (Å²) in [4.78, 5) is 11.8. The summed E-state index contributed by atoms with van der Waals surface area (Å²) in [5, 5.41) is 68.7. The Kier molecular flexibility index (Phi) is 6.93. The van der Waals surface area contributed by atoms with E-state index in [4.69, 9.17) is 14.2 Å². The summed E-state index contributed by atoms with van der Waals surface area (Å²) in [6.07, 6.45) is 1.55. The number of cyclic esters (lactones) is 1. The molecule has 0 unspecified atom stereocenters. The summed E-state index contributed by atoms with van der Waals surface area (Å²) < 4.78 is 16.9. The van der Waals surface area contributed by atoms with Gasteiger partial charge in [-0.1, -0.05) is 6.92 Å². The molecule has 1 saturated heterocycles. The second kappa shape index (κ2) is 9.72. The van der Waals surface area contributed by atoms with Crippen molar-refractivity contribution in [3.05, 3.63) is 11.6 Å². The first kappa shape index (κ1) is 28.5. The Balaban J connectivity index is 1.24. The lowest BCUT2D eigenvalue weighted by atomic mass is 9.41. The number of esters is 1. The maximum atomic E-state index is 12.4. The number of hydrogen-bond donors (Lipinski definition) is 6. The van der Waals surface area contributed by atoms with Crippen LogP contribution in [0.25, 0.3) is 0 Å². The number of hydrogen-bond acceptors (Lipinski definition) is 11. The molecule has 224 valence electrons. The van der Waals surface area contributed by atoms with Crippen LogP contribution in [0.4, 0.5) is 0 Å². The van der Waals surface area contributed by atoms with Crippen LogP contribution in [0.15, 0.2) is 16.8 Å². The number of carbonyl (C=O) groups excluding carboxylic acids is 1. The highest BCUT2D eigenvalue weighted by molar-refractivity contribution is 5.85. The van der Waals surface area contributed by atoms with E-state index in [0.29, 0.717) is 38.5 Å². The van der Waals surface area contributed by atoms with Crippen LogP contribution in [-0.4, -0.2) is 97.5 Å². The molecule has 0 aromatic heterocycles. The molecule has 11 heteroatoms. The quantitative estimate of drug-likeness (QED) is 0.0947. The highest BCUT2D eigenvalue weighted by Crippen LogP contribution is 2.70. The summed E-state index contributed by atoms with van der Waals surface area (Å²) in [6, 6.07) is 0. The van der Waals surface area contributed by atoms with Gasteiger partial charge in [-0.05, 0) is 81.6 Å². The van der Waals surface area contributed by atoms with Gasteiger partial charge in [-0.25, -0.2) is 4.79 Å². The molecule has 6 rings (SSSR count). The van der Waals surface area contributed by atoms with E-state index in [1.54, 1.807) is 13.0 Å². The van der Waals surface area contributed by atoms with Gasteiger partial charge in [0.2, 0.25) is 0 Å². The fourth-order valence-corrected chi connectivity index (χ4v) is 9.88. The molecule has 4 aliphatic carbocycles. The van der Waals surface area contributed by atoms with Gasteiger partial charge < -0.3 is 45.0 Å². The number of carbonyl (C=O) groups is 1. The van der Waals surface area contributed by atoms with E-state index in [1.165, 1.54) is 6.21 Å². The van der Waals surface area contributed by atoms with Crippen molar-refractivity contribution < 1.29 is 49.7 Å². The standard InChI is InChI=1S/C29H43NO10/c1-15-22(32)23(33)24(34)25(39-15)40-17-3-8-27(14-30-37)19-4-7-26(2)18(16-11-21(31)38-13-16)6-10-29(26,36)20(19)5-9-28(27,35)12-17/h11,14-15,17-20,22-25,32-37H,3-10,12-13H2,1-2H3/b30-14-/t15-,17-,18+,19+,20-,22+,23-,24-,25+,26-,27+,28+,29+/m1/s1. The fraction of sp³-hybridized carbons (Fsp3) is 0.862. The lowest BCUT2D eigenvalue weighted by Crippen LogP contribution is -2.69. The predicted octanol–water partition coefficient (Wildman–Crippen LogP) is 1.01. The Labute approximate surface area is 233 Å². The summed E-state index contributed by atoms with van der Waals surface area (Å²) in [5.74, 6) is -0.514. The Morgan fingerprint density at radius 2 is 1.75 bits per heavy atom. The average molecular weight is 566 g/mol. The van der Waals surface area contributed by atoms with Crippen LogP contribution >= 0.6 is 0 Å². The molecule has 11 nitrogen and oxygen atoms in total. The maximum Gasteiger partial charge on any atom is 0.331 e. The van der Waals surface area contributed by atoms with Crippen molar-refractivity contribution in [1.29, 1.82) is 0 Å². The molecule has 0 aromatic carbocycles. The Hall–Kier alpha value is -1.60. The highest BCUT2D eigenvalue weighted by atomic mass is 16.7. The summed E-state index contributed by atoms with van der Waals surface area (Å²) in [5.41, 5.74) is -2.62. The molecule has 0 aromatic rings. The minimum Gasteiger partial charge on any atom is -0.458 e. The lowest BCUT2D eigenvalue weighted by molar-refractivity contribution is -0.316. The van der Waals surface area contributed by atoms with Gasteiger partial charge in [-0.3, -0.25) is 0 Å². The molecule has 0 bridgehead atoms. The van der Waals surface area contributed by atoms with Crippen LogP contribution in [0.3, 0.4) is 0 Å². The minimum atomic E-state index is -1.43. The number of aliphatic hydroxyl groups excluding tert-OH is 3. The molecule has 0 radical (unpaired) electrons. The highest BCUT2D eigenvalue weighted by Gasteiger charge is 2.71. The van der Waals surface area contributed by atoms with Gasteiger partial charge in [0, 0.05) is 23.3 Å². The third-order valence-corrected chi connectivity index (χ3v) is 12.0. The molecule has 40 heavy (non-hydrogen) atoms. The van der Waals surface area contributed by atoms with Gasteiger partial charge in [0.1, 0.15) is 24.9 Å². The summed E-state index contributed by atoms with van der Waals surface area (Å²) in [6.45, 7) is 4.00. The first-order valence-corrected chi connectivity index (χ1v) is 14.7. The number of ether oxygens (including phenoxy) is 3. The Morgan fingerprint density at radius 3 is 2.45 bits per heavy atom. The minimum absolute atomic E-state index is 0.0514. The van der Waals surface area contributed by atoms with Crippen molar-refractivity contribution in [3.8, 4) is 0 Å². The van der Waals surface area contributed by atoms with Gasteiger partial charge in [0.25, 0.3) is 0 Å². The fourth-order valence-electron chi connectivity index (χ4n) is 9.88. The van der Waals surface area contributed by atoms with Crippen molar-refractivity contribution in [3.63, 3.8) is 0 Å². The second-order valence-corrected chi connectivity index (χ2v) is 13.5. The second-order valence-electron chi connectivity index (χ2n) is 13.5. The third-order valence-electron chi connectivity index (χ3n) is 12.0. The van der Waals surface area contributed by atoms with Crippen molar-refractivity contribution in [1.82, 2.24) is 0 Å². The van der Waals surface area contributed by atoms with Crippen molar-refractivity contribution >= 4 is 12.2 Å². The largest absolute Gasteiger partial charge is 0.458 e. The van der Waals surface area contributed by atoms with Crippen LogP contribution in [0.5, 0.6) is 0 Å². The van der Waals surface area contributed by atoms with Gasteiger partial charge in [0.15, 0.2) is 6.29 Å². The van der Waals surface area contributed by atoms with E-state index < -0.39 is 58.8 Å². The predicted molar refractivity (Wildman–Crippen MR) is 139 cm³/mol. The third kappa shape index (κ3) is 3.88. The Morgan fingerprint density at radius 1 is 1.00 bits per heavy atom. The number of rotatable bonds is 4. The first-order chi connectivity index (χ1) is 18.9. The molecular formula is C29H43NO10. The number of aliphatic hydroxyl groups is 5. The van der Waals surface area contributed by atoms with Crippen LogP contribution in [-0.2, 0) is 19.0 Å². The lowest BCUT2D eigenvalue weighted by Gasteiger charge is -2.65. The van der Waals surface area contributed by atoms with E-state index in [9.17, 15) is 35.5 Å². The molecule has 6 N–H and O–H groups in total. The molecule has 2 heterocycles. The average Bonchev–Trinajstić information content (AvgIpc) is 3.46. The van der Waals surface area contributed by atoms with Crippen molar-refractivity contribution in [2.75, 3.05) is 6.61 Å². The smallest absolute Gasteiger partial charge is 0.331 e. The van der Waals surface area contributed by atoms with E-state index >= 15 is 0 Å². The van der Waals surface area contributed by atoms with Gasteiger partial charge in [0.05, 0.1) is 29.6 Å². The van der Waals surface area contributed by atoms with Crippen molar-refractivity contribution in [2.45, 2.75) is 120 Å². The molecular weight excluding hydrogens is 522 g/mol. The van der Waals surface area contributed by atoms with Crippen LogP contribution in [0, 0.1) is 28.6 Å². The zero-order valence-corrected chi connectivity index (χ0v) is 23.2. The number of oxime groups is 1. The molecule has 4 saturated carbocycles. The first-order valence-electron chi connectivity index (χ1n) is 14.7. The normalized spacial score (nSPS) is 54.4. The molecule has 5 fully saturated rings. The van der Waals surface area contributed by atoms with Gasteiger partial charge in [-0.2, -0.15) is 0 Å². The molecule has 13 atom stereocenters. The zero-order valence-electron chi connectivity index (χ0n) is 23.2. The maximum absolute atomic E-state index is 12.4.